The molecule has 1 amide bonds. The number of carbonyl (C=O) groups excluding carboxylic acids is 2. The highest BCUT2D eigenvalue weighted by Crippen LogP contribution is 2.39. The number of benzene rings is 1. The van der Waals surface area contributed by atoms with Gasteiger partial charge in [-0.25, -0.2) is 0 Å². The third-order valence-electron chi connectivity index (χ3n) is 7.68. The molecule has 1 aliphatic carbocycles. The van der Waals surface area contributed by atoms with E-state index < -0.39 is 17.3 Å². The van der Waals surface area contributed by atoms with Gasteiger partial charge in [-0.15, -0.1) is 10.1 Å². The minimum Gasteiger partial charge on any atom is -0.462 e. The van der Waals surface area contributed by atoms with Crippen molar-refractivity contribution in [3.8, 4) is 0 Å². The first kappa shape index (κ1) is 34.2. The Morgan fingerprint density at radius 3 is 2.54 bits per heavy atom. The van der Waals surface area contributed by atoms with Gasteiger partial charge in [-0.2, -0.15) is 0 Å². The molecule has 1 aliphatic rings. The summed E-state index contributed by atoms with van der Waals surface area (Å²) in [5, 5.41) is 33.6. The van der Waals surface area contributed by atoms with E-state index in [1.165, 1.54) is 0 Å². The molecule has 230 valence electrons. The molecule has 0 unspecified atom stereocenters. The van der Waals surface area contributed by atoms with E-state index >= 15 is 0 Å². The monoisotopic (exact) mass is 576 g/mol. The average molecular weight is 577 g/mol. The number of nitrogens with one attached hydrogen (secondary N) is 1. The minimum absolute atomic E-state index is 0.0176. The Hall–Kier alpha value is -2.98. The Morgan fingerprint density at radius 2 is 1.80 bits per heavy atom. The zero-order valence-corrected chi connectivity index (χ0v) is 24.3. The highest BCUT2D eigenvalue weighted by Gasteiger charge is 2.40. The van der Waals surface area contributed by atoms with Crippen molar-refractivity contribution in [1.82, 2.24) is 5.32 Å². The van der Waals surface area contributed by atoms with E-state index in [1.807, 2.05) is 49.4 Å². The van der Waals surface area contributed by atoms with E-state index in [2.05, 4.69) is 10.2 Å². The number of allylic oxidation sites excluding steroid dienone is 2. The number of ether oxygens (including phenoxy) is 1. The maximum Gasteiger partial charge on any atom is 0.306 e. The van der Waals surface area contributed by atoms with Crippen LogP contribution in [0.25, 0.3) is 0 Å². The number of esters is 1. The van der Waals surface area contributed by atoms with Crippen molar-refractivity contribution >= 4 is 11.9 Å². The number of aliphatic hydroxyl groups is 2. The van der Waals surface area contributed by atoms with Gasteiger partial charge in [-0.05, 0) is 88.5 Å². The van der Waals surface area contributed by atoms with Crippen LogP contribution in [0, 0.1) is 22.0 Å². The van der Waals surface area contributed by atoms with Gasteiger partial charge < -0.3 is 25.1 Å². The standard InChI is InChI=1S/C31H48N2O8/c1-2-32-30(36)16-10-4-3-9-15-26-27(29(35)23-28(26)34)21-20-25(19-18-24-13-7-5-8-14-24)41-31(37)17-11-6-12-22-40-33(38)39/h3,5,7-9,13-14,25-29,34-35H,2,4,6,10-12,15-23H2,1H3,(H,32,36)/b9-3-/t25-,26+,27+,28-,29+/m0/s1. The number of nitrogens with zero attached hydrogens (tertiary/aromatic N) is 1. The quantitative estimate of drug-likeness (QED) is 0.0628. The molecule has 0 radical (unpaired) electrons. The third-order valence-corrected chi connectivity index (χ3v) is 7.68. The molecule has 2 rings (SSSR count). The van der Waals surface area contributed by atoms with Gasteiger partial charge in [0.05, 0.1) is 18.8 Å². The second kappa shape index (κ2) is 20.0. The maximum absolute atomic E-state index is 12.6. The Bertz CT molecular complexity index is 926. The Labute approximate surface area is 243 Å². The molecule has 0 spiro atoms. The molecular weight excluding hydrogens is 528 g/mol. The number of aliphatic hydroxyl groups excluding tert-OH is 2. The largest absolute Gasteiger partial charge is 0.462 e. The zero-order valence-electron chi connectivity index (χ0n) is 24.3. The predicted molar refractivity (Wildman–Crippen MR) is 155 cm³/mol. The Kier molecular flexibility index (Phi) is 16.7. The lowest BCUT2D eigenvalue weighted by molar-refractivity contribution is -0.757. The second-order valence-electron chi connectivity index (χ2n) is 10.8. The van der Waals surface area contributed by atoms with E-state index in [-0.39, 0.29) is 42.8 Å². The van der Waals surface area contributed by atoms with E-state index in [9.17, 15) is 29.9 Å². The summed E-state index contributed by atoms with van der Waals surface area (Å²) < 4.78 is 5.87. The van der Waals surface area contributed by atoms with Crippen molar-refractivity contribution in [3.05, 3.63) is 58.2 Å². The molecular formula is C31H48N2O8. The molecule has 1 fully saturated rings. The second-order valence-corrected chi connectivity index (χ2v) is 10.8. The molecule has 0 aliphatic heterocycles. The van der Waals surface area contributed by atoms with Gasteiger partial charge in [0.1, 0.15) is 6.10 Å². The first-order valence-electron chi connectivity index (χ1n) is 15.1. The summed E-state index contributed by atoms with van der Waals surface area (Å²) in [6, 6.07) is 10.0. The lowest BCUT2D eigenvalue weighted by Crippen LogP contribution is -2.25. The molecule has 1 aromatic rings. The lowest BCUT2D eigenvalue weighted by atomic mass is 9.85. The van der Waals surface area contributed by atoms with Crippen molar-refractivity contribution < 1.29 is 34.5 Å². The summed E-state index contributed by atoms with van der Waals surface area (Å²) in [5.74, 6) is -0.404. The average Bonchev–Trinajstić information content (AvgIpc) is 3.21. The van der Waals surface area contributed by atoms with E-state index in [4.69, 9.17) is 4.74 Å². The van der Waals surface area contributed by atoms with Crippen LogP contribution in [0.1, 0.15) is 89.5 Å². The van der Waals surface area contributed by atoms with Crippen LogP contribution in [-0.4, -0.2) is 58.6 Å². The van der Waals surface area contributed by atoms with Crippen LogP contribution in [0.3, 0.4) is 0 Å². The number of hydrogen-bond donors (Lipinski definition) is 3. The summed E-state index contributed by atoms with van der Waals surface area (Å²) in [4.78, 5) is 38.7. The number of amides is 1. The fourth-order valence-electron chi connectivity index (χ4n) is 5.49. The molecule has 0 saturated heterocycles. The predicted octanol–water partition coefficient (Wildman–Crippen LogP) is 4.69. The molecule has 0 heterocycles. The fraction of sp³-hybridized carbons (Fsp3) is 0.677. The number of carbonyl (C=O) groups is 2. The summed E-state index contributed by atoms with van der Waals surface area (Å²) in [7, 11) is 0. The van der Waals surface area contributed by atoms with Crippen LogP contribution in [-0.2, 0) is 25.6 Å². The lowest BCUT2D eigenvalue weighted by Gasteiger charge is -2.25. The van der Waals surface area contributed by atoms with E-state index in [0.29, 0.717) is 64.3 Å². The van der Waals surface area contributed by atoms with Crippen LogP contribution < -0.4 is 5.32 Å². The van der Waals surface area contributed by atoms with E-state index in [0.717, 1.165) is 24.8 Å². The van der Waals surface area contributed by atoms with Crippen molar-refractivity contribution in [2.75, 3.05) is 13.2 Å². The molecule has 41 heavy (non-hydrogen) atoms. The molecule has 1 saturated carbocycles. The van der Waals surface area contributed by atoms with Crippen LogP contribution >= 0.6 is 0 Å². The van der Waals surface area contributed by atoms with Crippen molar-refractivity contribution in [2.24, 2.45) is 11.8 Å². The summed E-state index contributed by atoms with van der Waals surface area (Å²) >= 11 is 0. The summed E-state index contributed by atoms with van der Waals surface area (Å²) in [6.45, 7) is 2.55. The van der Waals surface area contributed by atoms with Gasteiger partial charge in [-0.1, -0.05) is 48.9 Å². The molecule has 0 aromatic heterocycles. The van der Waals surface area contributed by atoms with Gasteiger partial charge in [0.25, 0.3) is 5.09 Å². The highest BCUT2D eigenvalue weighted by atomic mass is 16.9. The van der Waals surface area contributed by atoms with Crippen molar-refractivity contribution in [1.29, 1.82) is 0 Å². The molecule has 0 bridgehead atoms. The SMILES string of the molecule is CCNC(=O)CCC/C=C\C[C@@H]1[C@@H](CC[C@H](CCc2ccccc2)OC(=O)CCCCCO[N+](=O)[O-])[C@H](O)C[C@@H]1O. The summed E-state index contributed by atoms with van der Waals surface area (Å²) in [5.41, 5.74) is 1.16. The van der Waals surface area contributed by atoms with Gasteiger partial charge in [0.2, 0.25) is 5.91 Å². The number of hydrogen-bond acceptors (Lipinski definition) is 8. The van der Waals surface area contributed by atoms with Gasteiger partial charge >= 0.3 is 5.97 Å². The highest BCUT2D eigenvalue weighted by molar-refractivity contribution is 5.75. The van der Waals surface area contributed by atoms with Crippen molar-refractivity contribution in [3.63, 3.8) is 0 Å². The Balaban J connectivity index is 1.87. The van der Waals surface area contributed by atoms with Crippen LogP contribution in [0.5, 0.6) is 0 Å². The number of unbranched alkanes of at least 4 members (excludes halogenated alkanes) is 3. The molecule has 5 atom stereocenters. The molecule has 10 heteroatoms. The third kappa shape index (κ3) is 14.5. The van der Waals surface area contributed by atoms with Gasteiger partial charge in [0.15, 0.2) is 0 Å². The maximum atomic E-state index is 12.6. The Morgan fingerprint density at radius 1 is 1.05 bits per heavy atom. The summed E-state index contributed by atoms with van der Waals surface area (Å²) in [6.07, 6.45) is 10.2. The van der Waals surface area contributed by atoms with Crippen molar-refractivity contribution in [2.45, 2.75) is 109 Å². The number of rotatable bonds is 21. The normalized spacial score (nSPS) is 21.0. The fourth-order valence-corrected chi connectivity index (χ4v) is 5.49. The van der Waals surface area contributed by atoms with Gasteiger partial charge in [0, 0.05) is 19.4 Å². The molecule has 3 N–H and O–H groups in total. The smallest absolute Gasteiger partial charge is 0.306 e. The van der Waals surface area contributed by atoms with Crippen LogP contribution in [0.15, 0.2) is 42.5 Å². The van der Waals surface area contributed by atoms with Crippen LogP contribution in [0.4, 0.5) is 0 Å². The topological polar surface area (TPSA) is 148 Å². The molecule has 1 aromatic carbocycles. The minimum atomic E-state index is -0.816. The number of aryl methyl sites for hydroxylation is 1. The van der Waals surface area contributed by atoms with E-state index in [1.54, 1.807) is 0 Å². The first-order chi connectivity index (χ1) is 19.8. The zero-order chi connectivity index (χ0) is 29.9. The van der Waals surface area contributed by atoms with Crippen LogP contribution in [0.2, 0.25) is 0 Å². The first-order valence-corrected chi connectivity index (χ1v) is 15.1. The molecule has 10 nitrogen and oxygen atoms in total. The van der Waals surface area contributed by atoms with Gasteiger partial charge in [-0.3, -0.25) is 9.59 Å².